The molecule has 1 aromatic rings. The van der Waals surface area contributed by atoms with Gasteiger partial charge in [-0.05, 0) is 39.3 Å². The Hall–Kier alpha value is -1.36. The maximum Gasteiger partial charge on any atom is 0.241 e. The Morgan fingerprint density at radius 3 is 3.00 bits per heavy atom. The molecule has 0 spiro atoms. The highest BCUT2D eigenvalue weighted by Crippen LogP contribution is 2.06. The second-order valence-corrected chi connectivity index (χ2v) is 5.04. The van der Waals surface area contributed by atoms with Crippen LogP contribution < -0.4 is 10.6 Å². The number of hydrogen-bond donors (Lipinski definition) is 2. The second kappa shape index (κ2) is 6.00. The lowest BCUT2D eigenvalue weighted by atomic mass is 10.1. The van der Waals surface area contributed by atoms with Gasteiger partial charge in [0.25, 0.3) is 0 Å². The smallest absolute Gasteiger partial charge is 0.241 e. The summed E-state index contributed by atoms with van der Waals surface area (Å²) in [7, 11) is 0. The third kappa shape index (κ3) is 3.57. The first-order valence-corrected chi connectivity index (χ1v) is 6.66. The number of carbonyl (C=O) groups is 1. The second-order valence-electron chi connectivity index (χ2n) is 5.04. The Bertz CT molecular complexity index is 407. The highest BCUT2D eigenvalue weighted by Gasteiger charge is 2.14. The van der Waals surface area contributed by atoms with Crippen LogP contribution in [-0.2, 0) is 11.3 Å². The molecule has 1 aromatic heterocycles. The van der Waals surface area contributed by atoms with E-state index in [1.807, 2.05) is 19.9 Å². The number of carbonyl (C=O) groups excluding carboxylic acids is 1. The van der Waals surface area contributed by atoms with Crippen LogP contribution in [0.2, 0.25) is 0 Å². The van der Waals surface area contributed by atoms with Crippen molar-refractivity contribution in [1.29, 1.82) is 0 Å². The fourth-order valence-corrected chi connectivity index (χ4v) is 2.36. The van der Waals surface area contributed by atoms with Crippen molar-refractivity contribution in [2.75, 3.05) is 13.1 Å². The van der Waals surface area contributed by atoms with E-state index in [0.29, 0.717) is 12.6 Å². The number of rotatable bonds is 4. The molecule has 0 aromatic carbocycles. The van der Waals surface area contributed by atoms with Gasteiger partial charge in [-0.25, -0.2) is 0 Å². The SMILES string of the molecule is Cc1cc(C)n(CC(=O)NCC2CCCCN2)n1. The number of nitrogens with one attached hydrogen (secondary N) is 2. The zero-order valence-corrected chi connectivity index (χ0v) is 11.2. The summed E-state index contributed by atoms with van der Waals surface area (Å²) in [6, 6.07) is 2.42. The van der Waals surface area contributed by atoms with Crippen LogP contribution in [0.3, 0.4) is 0 Å². The van der Waals surface area contributed by atoms with E-state index in [0.717, 1.165) is 30.9 Å². The topological polar surface area (TPSA) is 59.0 Å². The molecule has 2 N–H and O–H groups in total. The standard InChI is InChI=1S/C13H22N4O/c1-10-7-11(2)17(16-10)9-13(18)15-8-12-5-3-4-6-14-12/h7,12,14H,3-6,8-9H2,1-2H3,(H,15,18). The Kier molecular flexibility index (Phi) is 4.36. The van der Waals surface area contributed by atoms with Crippen molar-refractivity contribution in [3.63, 3.8) is 0 Å². The molecule has 1 aliphatic rings. The highest BCUT2D eigenvalue weighted by atomic mass is 16.2. The summed E-state index contributed by atoms with van der Waals surface area (Å²) in [5.41, 5.74) is 1.98. The lowest BCUT2D eigenvalue weighted by molar-refractivity contribution is -0.122. The molecule has 0 saturated carbocycles. The van der Waals surface area contributed by atoms with Crippen LogP contribution in [0, 0.1) is 13.8 Å². The molecule has 5 heteroatoms. The quantitative estimate of drug-likeness (QED) is 0.829. The van der Waals surface area contributed by atoms with Gasteiger partial charge in [-0.15, -0.1) is 0 Å². The van der Waals surface area contributed by atoms with Crippen molar-refractivity contribution in [3.05, 3.63) is 17.5 Å². The Morgan fingerprint density at radius 1 is 1.56 bits per heavy atom. The summed E-state index contributed by atoms with van der Waals surface area (Å²) in [6.45, 7) is 6.01. The molecule has 0 aliphatic carbocycles. The van der Waals surface area contributed by atoms with Crippen molar-refractivity contribution in [1.82, 2.24) is 20.4 Å². The fraction of sp³-hybridized carbons (Fsp3) is 0.692. The molecule has 100 valence electrons. The molecule has 1 amide bonds. The summed E-state index contributed by atoms with van der Waals surface area (Å²) >= 11 is 0. The number of amides is 1. The number of piperidine rings is 1. The molecule has 1 atom stereocenters. The lowest BCUT2D eigenvalue weighted by Crippen LogP contribution is -2.44. The van der Waals surface area contributed by atoms with E-state index >= 15 is 0 Å². The van der Waals surface area contributed by atoms with Gasteiger partial charge in [-0.1, -0.05) is 6.42 Å². The maximum atomic E-state index is 11.8. The lowest BCUT2D eigenvalue weighted by Gasteiger charge is -2.23. The van der Waals surface area contributed by atoms with E-state index in [9.17, 15) is 4.79 Å². The molecule has 1 saturated heterocycles. The first kappa shape index (κ1) is 13.1. The van der Waals surface area contributed by atoms with E-state index in [2.05, 4.69) is 15.7 Å². The molecular formula is C13H22N4O. The largest absolute Gasteiger partial charge is 0.353 e. The third-order valence-electron chi connectivity index (χ3n) is 3.35. The molecule has 18 heavy (non-hydrogen) atoms. The Labute approximate surface area is 108 Å². The van der Waals surface area contributed by atoms with Gasteiger partial charge in [-0.3, -0.25) is 9.48 Å². The minimum Gasteiger partial charge on any atom is -0.353 e. The predicted molar refractivity (Wildman–Crippen MR) is 70.4 cm³/mol. The van der Waals surface area contributed by atoms with Crippen LogP contribution in [0.1, 0.15) is 30.7 Å². The van der Waals surface area contributed by atoms with E-state index < -0.39 is 0 Å². The Balaban J connectivity index is 1.76. The summed E-state index contributed by atoms with van der Waals surface area (Å²) < 4.78 is 1.75. The molecule has 0 radical (unpaired) electrons. The summed E-state index contributed by atoms with van der Waals surface area (Å²) in [5.74, 6) is 0.0357. The van der Waals surface area contributed by atoms with Crippen LogP contribution in [0.25, 0.3) is 0 Å². The molecular weight excluding hydrogens is 228 g/mol. The maximum absolute atomic E-state index is 11.8. The van der Waals surface area contributed by atoms with Crippen molar-refractivity contribution in [3.8, 4) is 0 Å². The number of hydrogen-bond acceptors (Lipinski definition) is 3. The summed E-state index contributed by atoms with van der Waals surface area (Å²) in [5, 5.41) is 10.7. The average Bonchev–Trinajstić information content (AvgIpc) is 2.67. The van der Waals surface area contributed by atoms with Gasteiger partial charge in [0.15, 0.2) is 0 Å². The molecule has 1 fully saturated rings. The van der Waals surface area contributed by atoms with E-state index in [1.165, 1.54) is 12.8 Å². The van der Waals surface area contributed by atoms with E-state index in [-0.39, 0.29) is 5.91 Å². The molecule has 5 nitrogen and oxygen atoms in total. The van der Waals surface area contributed by atoms with Crippen LogP contribution >= 0.6 is 0 Å². The summed E-state index contributed by atoms with van der Waals surface area (Å²) in [4.78, 5) is 11.8. The van der Waals surface area contributed by atoms with Gasteiger partial charge >= 0.3 is 0 Å². The fourth-order valence-electron chi connectivity index (χ4n) is 2.36. The number of nitrogens with zero attached hydrogens (tertiary/aromatic N) is 2. The van der Waals surface area contributed by atoms with Gasteiger partial charge < -0.3 is 10.6 Å². The van der Waals surface area contributed by atoms with Crippen LogP contribution in [0.15, 0.2) is 6.07 Å². The zero-order chi connectivity index (χ0) is 13.0. The number of aryl methyl sites for hydroxylation is 2. The zero-order valence-electron chi connectivity index (χ0n) is 11.2. The van der Waals surface area contributed by atoms with Crippen LogP contribution in [0.4, 0.5) is 0 Å². The van der Waals surface area contributed by atoms with Crippen LogP contribution in [0.5, 0.6) is 0 Å². The van der Waals surface area contributed by atoms with Gasteiger partial charge in [0.05, 0.1) is 5.69 Å². The van der Waals surface area contributed by atoms with E-state index in [1.54, 1.807) is 4.68 Å². The first-order chi connectivity index (χ1) is 8.65. The Morgan fingerprint density at radius 2 is 2.39 bits per heavy atom. The molecule has 2 heterocycles. The first-order valence-electron chi connectivity index (χ1n) is 6.66. The van der Waals surface area contributed by atoms with E-state index in [4.69, 9.17) is 0 Å². The number of aromatic nitrogens is 2. The average molecular weight is 250 g/mol. The van der Waals surface area contributed by atoms with Gasteiger partial charge in [0.2, 0.25) is 5.91 Å². The summed E-state index contributed by atoms with van der Waals surface area (Å²) in [6.07, 6.45) is 3.65. The van der Waals surface area contributed by atoms with Crippen molar-refractivity contribution < 1.29 is 4.79 Å². The van der Waals surface area contributed by atoms with Crippen molar-refractivity contribution in [2.24, 2.45) is 0 Å². The predicted octanol–water partition coefficient (Wildman–Crippen LogP) is 0.758. The van der Waals surface area contributed by atoms with Crippen molar-refractivity contribution in [2.45, 2.75) is 45.7 Å². The molecule has 0 bridgehead atoms. The van der Waals surface area contributed by atoms with Gasteiger partial charge in [0, 0.05) is 18.3 Å². The van der Waals surface area contributed by atoms with Gasteiger partial charge in [0.1, 0.15) is 6.54 Å². The molecule has 1 aliphatic heterocycles. The van der Waals surface area contributed by atoms with Gasteiger partial charge in [-0.2, -0.15) is 5.10 Å². The molecule has 1 unspecified atom stereocenters. The highest BCUT2D eigenvalue weighted by molar-refractivity contribution is 5.75. The normalized spacial score (nSPS) is 19.8. The van der Waals surface area contributed by atoms with Crippen LogP contribution in [-0.4, -0.2) is 34.8 Å². The third-order valence-corrected chi connectivity index (χ3v) is 3.35. The molecule has 2 rings (SSSR count). The van der Waals surface area contributed by atoms with Crippen molar-refractivity contribution >= 4 is 5.91 Å². The minimum absolute atomic E-state index is 0.0357. The minimum atomic E-state index is 0.0357. The monoisotopic (exact) mass is 250 g/mol.